The highest BCUT2D eigenvalue weighted by Gasteiger charge is 2.40. The van der Waals surface area contributed by atoms with Crippen molar-refractivity contribution in [3.05, 3.63) is 83.4 Å². The first-order valence-electron chi connectivity index (χ1n) is 11.1. The average Bonchev–Trinajstić information content (AvgIpc) is 2.87. The van der Waals surface area contributed by atoms with Crippen LogP contribution in [-0.2, 0) is 6.42 Å². The van der Waals surface area contributed by atoms with E-state index in [1.54, 1.807) is 21.3 Å². The third-order valence-corrected chi connectivity index (χ3v) is 6.84. The zero-order chi connectivity index (χ0) is 22.1. The van der Waals surface area contributed by atoms with Gasteiger partial charge < -0.3 is 19.1 Å². The maximum atomic E-state index is 5.67. The molecule has 0 radical (unpaired) electrons. The number of hydrogen-bond donors (Lipinski definition) is 0. The lowest BCUT2D eigenvalue weighted by Crippen LogP contribution is -2.52. The van der Waals surface area contributed by atoms with E-state index in [1.165, 1.54) is 22.4 Å². The van der Waals surface area contributed by atoms with Gasteiger partial charge in [0.25, 0.3) is 0 Å². The van der Waals surface area contributed by atoms with Crippen LogP contribution in [0.1, 0.15) is 28.7 Å². The Bertz CT molecular complexity index is 1070. The summed E-state index contributed by atoms with van der Waals surface area (Å²) in [7, 11) is 5.13. The van der Waals surface area contributed by atoms with Crippen LogP contribution in [0.5, 0.6) is 17.2 Å². The smallest absolute Gasteiger partial charge is 0.161 e. The van der Waals surface area contributed by atoms with Gasteiger partial charge >= 0.3 is 0 Å². The van der Waals surface area contributed by atoms with Crippen molar-refractivity contribution >= 4 is 5.69 Å². The van der Waals surface area contributed by atoms with Gasteiger partial charge in [-0.2, -0.15) is 0 Å². The molecule has 5 nitrogen and oxygen atoms in total. The summed E-state index contributed by atoms with van der Waals surface area (Å²) >= 11 is 0. The maximum Gasteiger partial charge on any atom is 0.161 e. The van der Waals surface area contributed by atoms with E-state index in [-0.39, 0.29) is 0 Å². The number of ether oxygens (including phenoxy) is 3. The summed E-state index contributed by atoms with van der Waals surface area (Å²) in [5.41, 5.74) is 5.31. The van der Waals surface area contributed by atoms with E-state index in [0.717, 1.165) is 43.4 Å². The lowest BCUT2D eigenvalue weighted by atomic mass is 9.79. The summed E-state index contributed by atoms with van der Waals surface area (Å²) in [5, 5.41) is 0. The van der Waals surface area contributed by atoms with E-state index in [1.807, 2.05) is 12.1 Å². The third-order valence-electron chi connectivity index (χ3n) is 6.84. The molecule has 166 valence electrons. The van der Waals surface area contributed by atoms with E-state index in [4.69, 9.17) is 14.2 Å². The minimum atomic E-state index is 0.301. The highest BCUT2D eigenvalue weighted by atomic mass is 16.5. The molecule has 0 N–H and O–H groups in total. The summed E-state index contributed by atoms with van der Waals surface area (Å²) in [6.45, 7) is 2.86. The molecule has 2 aliphatic heterocycles. The summed E-state index contributed by atoms with van der Waals surface area (Å²) in [5.74, 6) is 2.84. The molecule has 2 aliphatic rings. The quantitative estimate of drug-likeness (QED) is 0.577. The third kappa shape index (κ3) is 3.67. The van der Waals surface area contributed by atoms with Crippen LogP contribution in [0, 0.1) is 0 Å². The van der Waals surface area contributed by atoms with E-state index in [0.29, 0.717) is 12.0 Å². The molecular formula is C27H30N2O3. The first kappa shape index (κ1) is 20.7. The monoisotopic (exact) mass is 430 g/mol. The van der Waals surface area contributed by atoms with Gasteiger partial charge in [-0.1, -0.05) is 30.3 Å². The van der Waals surface area contributed by atoms with Crippen LogP contribution in [0.15, 0.2) is 66.7 Å². The molecular weight excluding hydrogens is 400 g/mol. The Balaban J connectivity index is 1.56. The minimum absolute atomic E-state index is 0.301. The number of benzene rings is 3. The molecule has 5 rings (SSSR count). The molecule has 5 heteroatoms. The van der Waals surface area contributed by atoms with Crippen LogP contribution >= 0.6 is 0 Å². The Kier molecular flexibility index (Phi) is 5.66. The fourth-order valence-electron chi connectivity index (χ4n) is 5.24. The zero-order valence-electron chi connectivity index (χ0n) is 19.0. The molecule has 0 aromatic heterocycles. The van der Waals surface area contributed by atoms with Crippen molar-refractivity contribution in [3.8, 4) is 17.2 Å². The molecule has 0 unspecified atom stereocenters. The largest absolute Gasteiger partial charge is 0.497 e. The van der Waals surface area contributed by atoms with E-state index in [2.05, 4.69) is 64.4 Å². The van der Waals surface area contributed by atoms with Crippen molar-refractivity contribution < 1.29 is 14.2 Å². The van der Waals surface area contributed by atoms with Crippen molar-refractivity contribution in [1.29, 1.82) is 0 Å². The summed E-state index contributed by atoms with van der Waals surface area (Å²) in [4.78, 5) is 5.10. The lowest BCUT2D eigenvalue weighted by Gasteiger charge is -2.50. The average molecular weight is 431 g/mol. The number of fused-ring (bicyclic) bond motifs is 3. The summed E-state index contributed by atoms with van der Waals surface area (Å²) < 4.78 is 16.6. The minimum Gasteiger partial charge on any atom is -0.497 e. The first-order valence-corrected chi connectivity index (χ1v) is 11.1. The highest BCUT2D eigenvalue weighted by Crippen LogP contribution is 2.47. The molecule has 1 saturated heterocycles. The predicted molar refractivity (Wildman–Crippen MR) is 127 cm³/mol. The number of nitrogens with zero attached hydrogens (tertiary/aromatic N) is 2. The van der Waals surface area contributed by atoms with E-state index < -0.39 is 0 Å². The van der Waals surface area contributed by atoms with E-state index in [9.17, 15) is 0 Å². The second-order valence-corrected chi connectivity index (χ2v) is 8.49. The molecule has 3 aromatic rings. The Morgan fingerprint density at radius 2 is 1.53 bits per heavy atom. The van der Waals surface area contributed by atoms with Crippen LogP contribution in [0.2, 0.25) is 0 Å². The maximum absolute atomic E-state index is 5.67. The van der Waals surface area contributed by atoms with Crippen LogP contribution in [0.4, 0.5) is 5.69 Å². The van der Waals surface area contributed by atoms with Gasteiger partial charge in [-0.15, -0.1) is 0 Å². The molecule has 0 bridgehead atoms. The van der Waals surface area contributed by atoms with Crippen molar-refractivity contribution in [2.45, 2.75) is 18.4 Å². The zero-order valence-corrected chi connectivity index (χ0v) is 19.0. The van der Waals surface area contributed by atoms with Crippen LogP contribution in [-0.4, -0.2) is 46.0 Å². The fourth-order valence-corrected chi connectivity index (χ4v) is 5.24. The Morgan fingerprint density at radius 1 is 0.812 bits per heavy atom. The summed E-state index contributed by atoms with van der Waals surface area (Å²) in [6, 6.07) is 24.0. The summed E-state index contributed by atoms with van der Waals surface area (Å²) in [6.07, 6.45) is 1.00. The van der Waals surface area contributed by atoms with Crippen molar-refractivity contribution in [3.63, 3.8) is 0 Å². The molecule has 0 amide bonds. The number of methoxy groups -OCH3 is 3. The number of rotatable bonds is 5. The van der Waals surface area contributed by atoms with Gasteiger partial charge in [0.05, 0.1) is 28.0 Å². The SMILES string of the molecule is COc1ccc(N2C[C@H](c3ccccc3)[C@@H]3c4cc(OC)c(OC)cc4CCN3C2)cc1. The second kappa shape index (κ2) is 8.75. The molecule has 2 heterocycles. The molecule has 0 aliphatic carbocycles. The van der Waals surface area contributed by atoms with Gasteiger partial charge in [-0.3, -0.25) is 4.90 Å². The van der Waals surface area contributed by atoms with Gasteiger partial charge in [0.15, 0.2) is 11.5 Å². The number of anilines is 1. The van der Waals surface area contributed by atoms with Gasteiger partial charge in [0, 0.05) is 30.7 Å². The molecule has 32 heavy (non-hydrogen) atoms. The topological polar surface area (TPSA) is 34.2 Å². The van der Waals surface area contributed by atoms with Crippen molar-refractivity contribution in [1.82, 2.24) is 4.90 Å². The van der Waals surface area contributed by atoms with Gasteiger partial charge in [0.2, 0.25) is 0 Å². The first-order chi connectivity index (χ1) is 15.7. The van der Waals surface area contributed by atoms with E-state index >= 15 is 0 Å². The highest BCUT2D eigenvalue weighted by molar-refractivity contribution is 5.54. The Labute approximate surface area is 190 Å². The Morgan fingerprint density at radius 3 is 2.22 bits per heavy atom. The normalized spacial score (nSPS) is 20.3. The molecule has 0 saturated carbocycles. The second-order valence-electron chi connectivity index (χ2n) is 8.49. The van der Waals surface area contributed by atoms with Crippen LogP contribution in [0.3, 0.4) is 0 Å². The fraction of sp³-hybridized carbons (Fsp3) is 0.333. The molecule has 3 aromatic carbocycles. The number of hydrogen-bond acceptors (Lipinski definition) is 5. The van der Waals surface area contributed by atoms with Gasteiger partial charge in [0.1, 0.15) is 5.75 Å². The van der Waals surface area contributed by atoms with Gasteiger partial charge in [-0.25, -0.2) is 0 Å². The molecule has 0 spiro atoms. The molecule has 1 fully saturated rings. The van der Waals surface area contributed by atoms with Crippen molar-refractivity contribution in [2.75, 3.05) is 46.0 Å². The molecule has 2 atom stereocenters. The lowest BCUT2D eigenvalue weighted by molar-refractivity contribution is 0.128. The standard InChI is InChI=1S/C27H30N2O3/c1-30-22-11-9-21(10-12-22)29-17-24(19-7-5-4-6-8-19)27-23-16-26(32-3)25(31-2)15-20(23)13-14-28(27)18-29/h4-12,15-16,24,27H,13-14,17-18H2,1-3H3/t24-,27+/m1/s1. The van der Waals surface area contributed by atoms with Gasteiger partial charge in [-0.05, 0) is 59.5 Å². The predicted octanol–water partition coefficient (Wildman–Crippen LogP) is 4.87. The van der Waals surface area contributed by atoms with Crippen LogP contribution in [0.25, 0.3) is 0 Å². The van der Waals surface area contributed by atoms with Crippen LogP contribution < -0.4 is 19.1 Å². The van der Waals surface area contributed by atoms with Crippen molar-refractivity contribution in [2.24, 2.45) is 0 Å². The Hall–Kier alpha value is -3.18.